The lowest BCUT2D eigenvalue weighted by Crippen LogP contribution is -2.26. The highest BCUT2D eigenvalue weighted by atomic mass is 35.5. The van der Waals surface area contributed by atoms with Crippen molar-refractivity contribution >= 4 is 34.8 Å². The molecular formula is C16H14Cl2N2O2. The highest BCUT2D eigenvalue weighted by molar-refractivity contribution is 6.42. The molecule has 4 nitrogen and oxygen atoms in total. The number of nitrogens with zero attached hydrogens (tertiary/aromatic N) is 1. The number of hydrazone groups is 1. The predicted molar refractivity (Wildman–Crippen MR) is 88.2 cm³/mol. The molecule has 2 N–H and O–H groups in total. The van der Waals surface area contributed by atoms with Crippen LogP contribution in [0.3, 0.4) is 0 Å². The van der Waals surface area contributed by atoms with Crippen molar-refractivity contribution in [2.75, 3.05) is 0 Å². The first-order valence-electron chi connectivity index (χ1n) is 6.51. The van der Waals surface area contributed by atoms with Crippen molar-refractivity contribution in [1.82, 2.24) is 5.43 Å². The third-order valence-corrected chi connectivity index (χ3v) is 3.77. The molecule has 0 bridgehead atoms. The van der Waals surface area contributed by atoms with Gasteiger partial charge in [-0.05, 0) is 30.2 Å². The van der Waals surface area contributed by atoms with Crippen molar-refractivity contribution in [1.29, 1.82) is 0 Å². The highest BCUT2D eigenvalue weighted by Crippen LogP contribution is 2.22. The maximum absolute atomic E-state index is 11.9. The number of aliphatic hydroxyl groups is 1. The van der Waals surface area contributed by atoms with Gasteiger partial charge in [0.2, 0.25) is 0 Å². The lowest BCUT2D eigenvalue weighted by molar-refractivity contribution is -0.129. The van der Waals surface area contributed by atoms with E-state index in [0.29, 0.717) is 21.3 Å². The van der Waals surface area contributed by atoms with Crippen LogP contribution in [0.25, 0.3) is 0 Å². The van der Waals surface area contributed by atoms with E-state index in [9.17, 15) is 9.90 Å². The van der Waals surface area contributed by atoms with Crippen LogP contribution >= 0.6 is 23.2 Å². The van der Waals surface area contributed by atoms with Crippen molar-refractivity contribution in [2.45, 2.75) is 13.0 Å². The summed E-state index contributed by atoms with van der Waals surface area (Å²) in [6, 6.07) is 13.7. The van der Waals surface area contributed by atoms with Crippen LogP contribution in [-0.2, 0) is 4.79 Å². The minimum atomic E-state index is -1.27. The zero-order valence-corrected chi connectivity index (χ0v) is 13.3. The van der Waals surface area contributed by atoms with Gasteiger partial charge in [-0.15, -0.1) is 0 Å². The van der Waals surface area contributed by atoms with Gasteiger partial charge in [-0.3, -0.25) is 4.79 Å². The number of benzene rings is 2. The number of hydrogen-bond acceptors (Lipinski definition) is 3. The van der Waals surface area contributed by atoms with E-state index >= 15 is 0 Å². The fourth-order valence-corrected chi connectivity index (χ4v) is 2.07. The number of carbonyl (C=O) groups excluding carboxylic acids is 1. The van der Waals surface area contributed by atoms with Gasteiger partial charge in [0.1, 0.15) is 0 Å². The molecule has 0 unspecified atom stereocenters. The summed E-state index contributed by atoms with van der Waals surface area (Å²) in [4.78, 5) is 11.9. The molecule has 0 heterocycles. The van der Waals surface area contributed by atoms with Crippen LogP contribution in [-0.4, -0.2) is 16.7 Å². The van der Waals surface area contributed by atoms with E-state index in [0.717, 1.165) is 5.56 Å². The lowest BCUT2D eigenvalue weighted by atomic mass is 10.1. The van der Waals surface area contributed by atoms with E-state index in [2.05, 4.69) is 10.5 Å². The Kier molecular flexibility index (Phi) is 5.55. The molecule has 0 aliphatic carbocycles. The molecule has 0 saturated heterocycles. The van der Waals surface area contributed by atoms with E-state index in [1.54, 1.807) is 55.5 Å². The summed E-state index contributed by atoms with van der Waals surface area (Å²) in [6.07, 6.45) is -1.27. The summed E-state index contributed by atoms with van der Waals surface area (Å²) in [5.41, 5.74) is 4.11. The number of amides is 1. The minimum absolute atomic E-state index is 0.407. The molecule has 114 valence electrons. The molecule has 2 aromatic rings. The Morgan fingerprint density at radius 3 is 2.45 bits per heavy atom. The maximum Gasteiger partial charge on any atom is 0.273 e. The van der Waals surface area contributed by atoms with Gasteiger partial charge < -0.3 is 5.11 Å². The quantitative estimate of drug-likeness (QED) is 0.662. The first-order valence-corrected chi connectivity index (χ1v) is 7.27. The highest BCUT2D eigenvalue weighted by Gasteiger charge is 2.16. The molecule has 0 aliphatic heterocycles. The van der Waals surface area contributed by atoms with Crippen LogP contribution in [0.2, 0.25) is 10.0 Å². The van der Waals surface area contributed by atoms with Gasteiger partial charge in [-0.1, -0.05) is 59.6 Å². The van der Waals surface area contributed by atoms with E-state index in [4.69, 9.17) is 23.2 Å². The number of hydrogen-bond donors (Lipinski definition) is 2. The number of halogens is 2. The molecule has 22 heavy (non-hydrogen) atoms. The summed E-state index contributed by atoms with van der Waals surface area (Å²) in [5, 5.41) is 14.8. The molecule has 0 aromatic heterocycles. The number of rotatable bonds is 4. The molecule has 0 aliphatic rings. The van der Waals surface area contributed by atoms with E-state index in [1.165, 1.54) is 0 Å². The largest absolute Gasteiger partial charge is 0.378 e. The van der Waals surface area contributed by atoms with Gasteiger partial charge in [0.25, 0.3) is 5.91 Å². The summed E-state index contributed by atoms with van der Waals surface area (Å²) in [5.74, 6) is -0.606. The van der Waals surface area contributed by atoms with Crippen molar-refractivity contribution in [3.8, 4) is 0 Å². The van der Waals surface area contributed by atoms with Crippen molar-refractivity contribution in [2.24, 2.45) is 5.10 Å². The molecule has 1 amide bonds. The fourth-order valence-electron chi connectivity index (χ4n) is 1.77. The Bertz CT molecular complexity index is 703. The van der Waals surface area contributed by atoms with Gasteiger partial charge in [-0.25, -0.2) is 5.43 Å². The number of aliphatic hydroxyl groups excluding tert-OH is 1. The first-order chi connectivity index (χ1) is 10.5. The Morgan fingerprint density at radius 2 is 1.82 bits per heavy atom. The monoisotopic (exact) mass is 336 g/mol. The van der Waals surface area contributed by atoms with E-state index in [-0.39, 0.29) is 0 Å². The molecule has 0 spiro atoms. The van der Waals surface area contributed by atoms with Crippen LogP contribution in [0.1, 0.15) is 24.2 Å². The standard InChI is InChI=1S/C16H14Cl2N2O2/c1-10(12-7-8-13(17)14(18)9-12)19-20-16(22)15(21)11-5-3-2-4-6-11/h2-9,15,21H,1H3,(H,20,22)/b19-10+/t15-/m0/s1. The van der Waals surface area contributed by atoms with E-state index in [1.807, 2.05) is 0 Å². The molecule has 0 saturated carbocycles. The first kappa shape index (κ1) is 16.5. The van der Waals surface area contributed by atoms with Crippen LogP contribution < -0.4 is 5.43 Å². The van der Waals surface area contributed by atoms with E-state index < -0.39 is 12.0 Å². The topological polar surface area (TPSA) is 61.7 Å². The smallest absolute Gasteiger partial charge is 0.273 e. The molecule has 2 aromatic carbocycles. The molecule has 6 heteroatoms. The second-order valence-electron chi connectivity index (χ2n) is 4.62. The zero-order chi connectivity index (χ0) is 16.1. The third kappa shape index (κ3) is 4.07. The van der Waals surface area contributed by atoms with Crippen molar-refractivity contribution in [3.05, 3.63) is 69.7 Å². The summed E-state index contributed by atoms with van der Waals surface area (Å²) < 4.78 is 0. The Morgan fingerprint density at radius 1 is 1.14 bits per heavy atom. The molecule has 2 rings (SSSR count). The lowest BCUT2D eigenvalue weighted by Gasteiger charge is -2.09. The predicted octanol–water partition coefficient (Wildman–Crippen LogP) is 3.57. The second-order valence-corrected chi connectivity index (χ2v) is 5.43. The summed E-state index contributed by atoms with van der Waals surface area (Å²) in [6.45, 7) is 1.72. The van der Waals surface area contributed by atoms with Gasteiger partial charge >= 0.3 is 0 Å². The molecule has 1 atom stereocenters. The zero-order valence-electron chi connectivity index (χ0n) is 11.8. The third-order valence-electron chi connectivity index (χ3n) is 3.03. The Labute approximate surface area is 138 Å². The van der Waals surface area contributed by atoms with Gasteiger partial charge in [0, 0.05) is 0 Å². The molecule has 0 radical (unpaired) electrons. The number of nitrogens with one attached hydrogen (secondary N) is 1. The average Bonchev–Trinajstić information content (AvgIpc) is 2.54. The van der Waals surface area contributed by atoms with Crippen LogP contribution in [0.15, 0.2) is 53.6 Å². The molecule has 0 fully saturated rings. The summed E-state index contributed by atoms with van der Waals surface area (Å²) in [7, 11) is 0. The Balaban J connectivity index is 2.07. The fraction of sp³-hybridized carbons (Fsp3) is 0.125. The SMILES string of the molecule is C/C(=N\NC(=O)[C@@H](O)c1ccccc1)c1ccc(Cl)c(Cl)c1. The molecular weight excluding hydrogens is 323 g/mol. The maximum atomic E-state index is 11.9. The van der Waals surface area contributed by atoms with Gasteiger partial charge in [0.05, 0.1) is 15.8 Å². The minimum Gasteiger partial charge on any atom is -0.378 e. The Hall–Kier alpha value is -1.88. The second kappa shape index (κ2) is 7.40. The summed E-state index contributed by atoms with van der Waals surface area (Å²) >= 11 is 11.8. The van der Waals surface area contributed by atoms with Crippen LogP contribution in [0, 0.1) is 0 Å². The normalized spacial score (nSPS) is 12.8. The van der Waals surface area contributed by atoms with Gasteiger partial charge in [-0.2, -0.15) is 5.10 Å². The van der Waals surface area contributed by atoms with Crippen molar-refractivity contribution in [3.63, 3.8) is 0 Å². The van der Waals surface area contributed by atoms with Gasteiger partial charge in [0.15, 0.2) is 6.10 Å². The average molecular weight is 337 g/mol. The van der Waals surface area contributed by atoms with Crippen LogP contribution in [0.5, 0.6) is 0 Å². The number of carbonyl (C=O) groups is 1. The van der Waals surface area contributed by atoms with Crippen molar-refractivity contribution < 1.29 is 9.90 Å². The van der Waals surface area contributed by atoms with Crippen LogP contribution in [0.4, 0.5) is 0 Å².